The second-order valence-corrected chi connectivity index (χ2v) is 27.1. The van der Waals surface area contributed by atoms with E-state index >= 15 is 19.2 Å². The molecule has 9 aromatic rings. The van der Waals surface area contributed by atoms with Gasteiger partial charge in [0, 0.05) is 56.6 Å². The fourth-order valence-corrected chi connectivity index (χ4v) is 14.3. The minimum absolute atomic E-state index is 0.0579. The number of carbonyl (C=O) groups is 9. The van der Waals surface area contributed by atoms with Crippen LogP contribution >= 0.6 is 0 Å². The van der Waals surface area contributed by atoms with Gasteiger partial charge < -0.3 is 195 Å². The predicted molar refractivity (Wildman–Crippen MR) is 380 cm³/mol. The Morgan fingerprint density at radius 1 is 0.317 bits per heavy atom. The van der Waals surface area contributed by atoms with Gasteiger partial charge in [-0.05, 0) is 42.5 Å². The molecule has 14 rings (SSSR count). The molecular formula is C75H52O48. The van der Waals surface area contributed by atoms with Crippen LogP contribution in [-0.2, 0) is 42.6 Å². The summed E-state index contributed by atoms with van der Waals surface area (Å²) >= 11 is 0. The number of phenolic OH excluding ortho intramolecular Hbond substituents is 26. The molecule has 0 aliphatic carbocycles. The van der Waals surface area contributed by atoms with Gasteiger partial charge in [-0.25, -0.2) is 43.2 Å². The number of carboxylic acids is 1. The number of hydrogen-bond donors (Lipinski definition) is 29. The number of phenols is 26. The quantitative estimate of drug-likeness (QED) is 0.0560. The van der Waals surface area contributed by atoms with Crippen molar-refractivity contribution in [3.05, 3.63) is 116 Å². The Kier molecular flexibility index (Phi) is 19.6. The number of esters is 8. The molecular weight excluding hydrogens is 1670 g/mol. The first-order valence-electron chi connectivity index (χ1n) is 34.2. The SMILES string of the molecule is O=C(O[C@@H]1COC(=O)c2cc(O)c(O)c(O)c2-c2c(cc(O)c(O)c2O)C(=O)O[C@H]1[C@@H]1OC(=O)c2cc(O)c(O)c(O)c2-c2c(O)c(O)c(O)c3c2C(=O)O[C@H]1[C@H]3c1c(C(=O)O[C@@H]2O[C@@H]3COC(=O)c4cc(Oc5c(C(=O)O)cc(O)c(O)c5O)c(O)c(O)c4-c4c(cc(O)c(O)c4O)C(=O)O[C@H]3[C@H](O)[C@H]2O)cc(O)c(O)c1O)c1cc(O)c(O)c(O)c1. The van der Waals surface area contributed by atoms with E-state index in [4.69, 9.17) is 47.4 Å². The summed E-state index contributed by atoms with van der Waals surface area (Å²) in [7, 11) is 0. The molecule has 0 radical (unpaired) electrons. The molecule has 1 saturated heterocycles. The lowest BCUT2D eigenvalue weighted by Gasteiger charge is -2.43. The Hall–Kier alpha value is -17.3. The second kappa shape index (κ2) is 29.4. The zero-order chi connectivity index (χ0) is 89.8. The van der Waals surface area contributed by atoms with Crippen LogP contribution in [0.25, 0.3) is 33.4 Å². The van der Waals surface area contributed by atoms with Crippen LogP contribution in [0.4, 0.5) is 0 Å². The smallest absolute Gasteiger partial charge is 0.341 e. The molecule has 1 fully saturated rings. The summed E-state index contributed by atoms with van der Waals surface area (Å²) in [5.74, 6) is -67.2. The van der Waals surface area contributed by atoms with Crippen LogP contribution in [0.1, 0.15) is 110 Å². The second-order valence-electron chi connectivity index (χ2n) is 27.1. The Morgan fingerprint density at radius 2 is 0.699 bits per heavy atom. The molecule has 48 heteroatoms. The minimum atomic E-state index is -3.41. The van der Waals surface area contributed by atoms with Gasteiger partial charge in [-0.2, -0.15) is 0 Å². The van der Waals surface area contributed by atoms with E-state index in [9.17, 15) is 172 Å². The third-order valence-electron chi connectivity index (χ3n) is 20.1. The van der Waals surface area contributed by atoms with Gasteiger partial charge in [-0.1, -0.05) is 0 Å². The van der Waals surface area contributed by atoms with E-state index in [1.54, 1.807) is 0 Å². The summed E-state index contributed by atoms with van der Waals surface area (Å²) in [5.41, 5.74) is -24.0. The molecule has 5 aliphatic heterocycles. The van der Waals surface area contributed by atoms with Crippen LogP contribution in [0.3, 0.4) is 0 Å². The van der Waals surface area contributed by atoms with E-state index in [0.717, 1.165) is 0 Å². The van der Waals surface area contributed by atoms with Crippen molar-refractivity contribution in [1.29, 1.82) is 0 Å². The number of ether oxygens (including phenoxy) is 10. The third kappa shape index (κ3) is 12.9. The van der Waals surface area contributed by atoms with Crippen molar-refractivity contribution in [3.8, 4) is 194 Å². The number of aromatic hydroxyl groups is 26. The molecule has 10 atom stereocenters. The van der Waals surface area contributed by atoms with Crippen molar-refractivity contribution in [2.24, 2.45) is 0 Å². The van der Waals surface area contributed by atoms with E-state index in [-0.39, 0.29) is 30.3 Å². The zero-order valence-corrected chi connectivity index (χ0v) is 60.1. The summed E-state index contributed by atoms with van der Waals surface area (Å²) in [6.45, 7) is -3.43. The maximum absolute atomic E-state index is 15.6. The number of aliphatic hydroxyl groups excluding tert-OH is 2. The lowest BCUT2D eigenvalue weighted by molar-refractivity contribution is -0.284. The highest BCUT2D eigenvalue weighted by molar-refractivity contribution is 6.13. The maximum atomic E-state index is 15.6. The van der Waals surface area contributed by atoms with Crippen LogP contribution in [0.2, 0.25) is 0 Å². The van der Waals surface area contributed by atoms with E-state index in [2.05, 4.69) is 0 Å². The molecule has 0 unspecified atom stereocenters. The highest BCUT2D eigenvalue weighted by atomic mass is 16.7. The molecule has 0 amide bonds. The van der Waals surface area contributed by atoms with Gasteiger partial charge in [-0.15, -0.1) is 0 Å². The first kappa shape index (κ1) is 82.2. The summed E-state index contributed by atoms with van der Waals surface area (Å²) in [5, 5.41) is 326. The van der Waals surface area contributed by atoms with E-state index in [0.29, 0.717) is 24.3 Å². The molecule has 48 nitrogen and oxygen atoms in total. The monoisotopic (exact) mass is 1720 g/mol. The number of fused-ring (bicyclic) bond motifs is 11. The first-order valence-corrected chi connectivity index (χ1v) is 34.2. The van der Waals surface area contributed by atoms with Crippen LogP contribution < -0.4 is 4.74 Å². The molecule has 2 bridgehead atoms. The number of cyclic esters (lactones) is 4. The Balaban J connectivity index is 0.952. The lowest BCUT2D eigenvalue weighted by atomic mass is 9.73. The molecule has 9 aromatic carbocycles. The fourth-order valence-electron chi connectivity index (χ4n) is 14.3. The normalized spacial score (nSPS) is 20.3. The van der Waals surface area contributed by atoms with Gasteiger partial charge in [0.25, 0.3) is 0 Å². The average Bonchev–Trinajstić information content (AvgIpc) is 1.18. The number of carbonyl (C=O) groups excluding carboxylic acids is 8. The highest BCUT2D eigenvalue weighted by Gasteiger charge is 2.58. The largest absolute Gasteiger partial charge is 0.504 e. The van der Waals surface area contributed by atoms with E-state index in [1.807, 2.05) is 0 Å². The Labute approximate surface area is 674 Å². The Morgan fingerprint density at radius 3 is 1.20 bits per heavy atom. The number of rotatable bonds is 9. The first-order chi connectivity index (χ1) is 57.8. The van der Waals surface area contributed by atoms with E-state index < -0.39 is 384 Å². The molecule has 0 spiro atoms. The molecule has 123 heavy (non-hydrogen) atoms. The van der Waals surface area contributed by atoms with Gasteiger partial charge in [0.1, 0.15) is 37.1 Å². The summed E-state index contributed by atoms with van der Waals surface area (Å²) < 4.78 is 56.6. The third-order valence-corrected chi connectivity index (χ3v) is 20.1. The summed E-state index contributed by atoms with van der Waals surface area (Å²) in [6.07, 6.45) is -27.0. The van der Waals surface area contributed by atoms with Crippen LogP contribution in [-0.4, -0.2) is 270 Å². The van der Waals surface area contributed by atoms with Crippen LogP contribution in [0.5, 0.6) is 161 Å². The maximum Gasteiger partial charge on any atom is 0.341 e. The summed E-state index contributed by atoms with van der Waals surface area (Å²) in [6, 6.07) is 2.20. The minimum Gasteiger partial charge on any atom is -0.504 e. The summed E-state index contributed by atoms with van der Waals surface area (Å²) in [4.78, 5) is 133. The van der Waals surface area contributed by atoms with Gasteiger partial charge in [0.15, 0.2) is 140 Å². The van der Waals surface area contributed by atoms with Gasteiger partial charge in [-0.3, -0.25) is 0 Å². The number of benzene rings is 9. The topological polar surface area (TPSA) is 833 Å². The van der Waals surface area contributed by atoms with Crippen molar-refractivity contribution in [2.75, 3.05) is 13.2 Å². The molecule has 5 heterocycles. The van der Waals surface area contributed by atoms with Crippen molar-refractivity contribution in [2.45, 2.75) is 61.0 Å². The molecule has 640 valence electrons. The zero-order valence-electron chi connectivity index (χ0n) is 60.1. The predicted octanol–water partition coefficient (Wildman–Crippen LogP) is 2.35. The van der Waals surface area contributed by atoms with Gasteiger partial charge in [0.05, 0.1) is 50.4 Å². The lowest BCUT2D eigenvalue weighted by Crippen LogP contribution is -2.61. The molecule has 29 N–H and O–H groups in total. The van der Waals surface area contributed by atoms with Crippen molar-refractivity contribution >= 4 is 53.7 Å². The highest BCUT2D eigenvalue weighted by Crippen LogP contribution is 2.63. The van der Waals surface area contributed by atoms with E-state index in [1.165, 1.54) is 0 Å². The van der Waals surface area contributed by atoms with Crippen molar-refractivity contribution in [1.82, 2.24) is 0 Å². The number of hydrogen-bond acceptors (Lipinski definition) is 47. The van der Waals surface area contributed by atoms with Crippen LogP contribution in [0, 0.1) is 0 Å². The van der Waals surface area contributed by atoms with Gasteiger partial charge >= 0.3 is 53.7 Å². The molecule has 0 aromatic heterocycles. The van der Waals surface area contributed by atoms with Crippen molar-refractivity contribution < 1.29 is 239 Å². The molecule has 0 saturated carbocycles. The van der Waals surface area contributed by atoms with Crippen LogP contribution in [0.15, 0.2) is 54.6 Å². The average molecular weight is 1720 g/mol. The van der Waals surface area contributed by atoms with Gasteiger partial charge in [0.2, 0.25) is 58.0 Å². The number of carboxylic acid groups (broad SMARTS) is 1. The fraction of sp³-hybridized carbons (Fsp3) is 0.160. The number of aromatic carboxylic acids is 1. The number of aliphatic hydroxyl groups is 2. The molecule has 5 aliphatic rings. The Bertz CT molecular complexity index is 6240. The van der Waals surface area contributed by atoms with Crippen molar-refractivity contribution in [3.63, 3.8) is 0 Å². The standard InChI is InChI=1S/C75H52O48/c76-20-1-12(2-21(77)41(20)84)67(106)117-30-11-115-68(107)13-3-22(78)42(85)49(92)31(13)32-15(5-24(80)43(86)50(32)93)71(110)120-63(30)65-64-39(38-40(74(113)121-64)37(55(98)57(100)56(38)99)35-16(72(111)122-65)6-25(81)45(88)52(35)95)36-17(7-26(82)46(89)53(36)96)73(112)123-75-60(103)59(102)62-29(118-75)10-114-69(108)18-9-28(116-61-19(66(104)105)8-27(83)47(90)58(61)101)48(91)54(97)34(18)33-14(70(109)119-62)4-23(79)44(87)51(33)94/h1-9,29-30,39,59-60,62-65,75-103H,10-11H2,(H,104,105)/t29-,30-,39+,59-,60-,62-,63-,64+,65+,75+/m1/s1.